The summed E-state index contributed by atoms with van der Waals surface area (Å²) in [6.07, 6.45) is 0. The lowest BCUT2D eigenvalue weighted by Gasteiger charge is -2.12. The van der Waals surface area contributed by atoms with E-state index in [1.165, 1.54) is 23.5 Å². The number of para-hydroxylation sites is 1. The Hall–Kier alpha value is -5.10. The number of rotatable bonds is 6. The number of hydrogen-bond donors (Lipinski definition) is 1. The molecule has 11 nitrogen and oxygen atoms in total. The highest BCUT2D eigenvalue weighted by Crippen LogP contribution is 2.28. The number of benzene rings is 3. The lowest BCUT2D eigenvalue weighted by Crippen LogP contribution is -2.41. The zero-order chi connectivity index (χ0) is 26.1. The van der Waals surface area contributed by atoms with Gasteiger partial charge < -0.3 is 0 Å². The van der Waals surface area contributed by atoms with E-state index >= 15 is 0 Å². The fourth-order valence-electron chi connectivity index (χ4n) is 3.73. The molecule has 1 atom stereocenters. The van der Waals surface area contributed by atoms with Crippen LogP contribution in [0.2, 0.25) is 0 Å². The first-order valence-corrected chi connectivity index (χ1v) is 11.6. The number of fused-ring (bicyclic) bond motifs is 1. The molecule has 1 N–H and O–H groups in total. The number of anilines is 1. The first-order chi connectivity index (χ1) is 17.8. The van der Waals surface area contributed by atoms with E-state index in [-0.39, 0.29) is 22.1 Å². The maximum Gasteiger partial charge on any atom is 0.294 e. The fraction of sp³-hybridized carbons (Fsp3) is 0.0400. The number of aromatic nitrogens is 1. The molecule has 2 heterocycles. The van der Waals surface area contributed by atoms with Gasteiger partial charge in [0.2, 0.25) is 5.78 Å². The maximum atomic E-state index is 13.3. The van der Waals surface area contributed by atoms with Crippen LogP contribution >= 0.6 is 11.3 Å². The Balaban J connectivity index is 1.44. The SMILES string of the molecule is O=C(Nc1nc2ccccc2s1)C(=O)[C@H]1C(=O)N(C(=O)c2ccc([N+](=O)[O-])cc2)N=C1c1ccccc1. The third-order valence-electron chi connectivity index (χ3n) is 5.52. The Labute approximate surface area is 212 Å². The molecular formula is C25H15N5O6S. The van der Waals surface area contributed by atoms with Crippen molar-refractivity contribution in [2.75, 3.05) is 5.32 Å². The molecule has 3 aromatic carbocycles. The Bertz CT molecular complexity index is 1580. The van der Waals surface area contributed by atoms with E-state index in [0.717, 1.165) is 16.8 Å². The lowest BCUT2D eigenvalue weighted by molar-refractivity contribution is -0.384. The summed E-state index contributed by atoms with van der Waals surface area (Å²) in [7, 11) is 0. The molecule has 0 fully saturated rings. The zero-order valence-corrected chi connectivity index (χ0v) is 19.5. The smallest absolute Gasteiger partial charge is 0.294 e. The van der Waals surface area contributed by atoms with Gasteiger partial charge in [-0.2, -0.15) is 10.1 Å². The van der Waals surface area contributed by atoms with Crippen molar-refractivity contribution in [2.24, 2.45) is 11.0 Å². The molecule has 12 heteroatoms. The van der Waals surface area contributed by atoms with Crippen molar-refractivity contribution in [3.8, 4) is 0 Å². The van der Waals surface area contributed by atoms with Gasteiger partial charge in [0.1, 0.15) is 0 Å². The number of Topliss-reactive ketones (excluding diaryl/α,β-unsaturated/α-hetero) is 1. The number of hydrazone groups is 1. The molecule has 0 aliphatic carbocycles. The van der Waals surface area contributed by atoms with E-state index in [2.05, 4.69) is 15.4 Å². The molecule has 0 spiro atoms. The third kappa shape index (κ3) is 4.48. The first-order valence-electron chi connectivity index (χ1n) is 10.8. The van der Waals surface area contributed by atoms with Crippen LogP contribution in [0.15, 0.2) is 84.0 Å². The number of imide groups is 1. The van der Waals surface area contributed by atoms with Crippen molar-refractivity contribution < 1.29 is 24.1 Å². The summed E-state index contributed by atoms with van der Waals surface area (Å²) in [6.45, 7) is 0. The van der Waals surface area contributed by atoms with E-state index in [4.69, 9.17) is 0 Å². The van der Waals surface area contributed by atoms with Crippen molar-refractivity contribution >= 4 is 61.6 Å². The molecular weight excluding hydrogens is 498 g/mol. The molecule has 182 valence electrons. The molecule has 3 amide bonds. The number of ketones is 1. The summed E-state index contributed by atoms with van der Waals surface area (Å²) >= 11 is 1.17. The quantitative estimate of drug-likeness (QED) is 0.136. The highest BCUT2D eigenvalue weighted by atomic mass is 32.1. The van der Waals surface area contributed by atoms with E-state index < -0.39 is 34.3 Å². The van der Waals surface area contributed by atoms with E-state index in [0.29, 0.717) is 16.1 Å². The Kier molecular flexibility index (Phi) is 6.07. The number of nitro benzene ring substituents is 1. The number of hydrogen-bond acceptors (Lipinski definition) is 9. The summed E-state index contributed by atoms with van der Waals surface area (Å²) in [4.78, 5) is 67.0. The van der Waals surface area contributed by atoms with Gasteiger partial charge in [0, 0.05) is 17.7 Å². The first kappa shape index (κ1) is 23.6. The van der Waals surface area contributed by atoms with Crippen LogP contribution in [0.25, 0.3) is 10.2 Å². The average molecular weight is 513 g/mol. The molecule has 0 unspecified atom stereocenters. The van der Waals surface area contributed by atoms with E-state index in [1.807, 2.05) is 12.1 Å². The summed E-state index contributed by atoms with van der Waals surface area (Å²) < 4.78 is 0.800. The number of non-ortho nitro benzene ring substituents is 1. The van der Waals surface area contributed by atoms with Crippen molar-refractivity contribution in [1.29, 1.82) is 0 Å². The van der Waals surface area contributed by atoms with Gasteiger partial charge >= 0.3 is 0 Å². The number of nitrogens with zero attached hydrogens (tertiary/aromatic N) is 4. The highest BCUT2D eigenvalue weighted by molar-refractivity contribution is 7.22. The summed E-state index contributed by atoms with van der Waals surface area (Å²) in [5.74, 6) is -5.75. The molecule has 1 aliphatic heterocycles. The Morgan fingerprint density at radius 2 is 1.62 bits per heavy atom. The lowest BCUT2D eigenvalue weighted by atomic mass is 9.92. The van der Waals surface area contributed by atoms with Crippen LogP contribution in [0.5, 0.6) is 0 Å². The van der Waals surface area contributed by atoms with Crippen molar-refractivity contribution in [2.45, 2.75) is 0 Å². The Morgan fingerprint density at radius 3 is 2.30 bits per heavy atom. The summed E-state index contributed by atoms with van der Waals surface area (Å²) in [5, 5.41) is 18.1. The number of carbonyl (C=O) groups is 4. The molecule has 4 aromatic rings. The van der Waals surface area contributed by atoms with E-state index in [9.17, 15) is 29.3 Å². The summed E-state index contributed by atoms with van der Waals surface area (Å²) in [5.41, 5.74) is 0.657. The molecule has 0 saturated heterocycles. The molecule has 0 radical (unpaired) electrons. The van der Waals surface area contributed by atoms with Crippen LogP contribution < -0.4 is 5.32 Å². The minimum atomic E-state index is -1.67. The predicted octanol–water partition coefficient (Wildman–Crippen LogP) is 3.42. The van der Waals surface area contributed by atoms with Gasteiger partial charge in [0.05, 0.1) is 20.9 Å². The second kappa shape index (κ2) is 9.51. The monoisotopic (exact) mass is 513 g/mol. The number of thiazole rings is 1. The van der Waals surface area contributed by atoms with Gasteiger partial charge in [-0.05, 0) is 29.8 Å². The molecule has 1 aromatic heterocycles. The normalized spacial score (nSPS) is 14.9. The fourth-order valence-corrected chi connectivity index (χ4v) is 4.59. The van der Waals surface area contributed by atoms with Gasteiger partial charge in [0.15, 0.2) is 11.0 Å². The van der Waals surface area contributed by atoms with E-state index in [1.54, 1.807) is 42.5 Å². The predicted molar refractivity (Wildman–Crippen MR) is 134 cm³/mol. The maximum absolute atomic E-state index is 13.3. The minimum absolute atomic E-state index is 0.0536. The molecule has 0 saturated carbocycles. The van der Waals surface area contributed by atoms with Crippen LogP contribution in [0.3, 0.4) is 0 Å². The number of nitrogens with one attached hydrogen (secondary N) is 1. The van der Waals surface area contributed by atoms with Crippen LogP contribution in [-0.4, -0.2) is 44.1 Å². The number of carbonyl (C=O) groups excluding carboxylic acids is 4. The van der Waals surface area contributed by atoms with Gasteiger partial charge in [-0.25, -0.2) is 4.98 Å². The standard InChI is InChI=1S/C25H15N5O6S/c31-21(22(32)27-25-26-17-8-4-5-9-18(17)37-25)19-20(14-6-2-1-3-7-14)28-29(24(19)34)23(33)15-10-12-16(13-11-15)30(35)36/h1-13,19H,(H,26,27,32)/t19-/m0/s1. The van der Waals surface area contributed by atoms with Gasteiger partial charge in [-0.1, -0.05) is 53.8 Å². The second-order valence-electron chi connectivity index (χ2n) is 7.85. The molecule has 5 rings (SSSR count). The van der Waals surface area contributed by atoms with Crippen LogP contribution in [0.1, 0.15) is 15.9 Å². The average Bonchev–Trinajstić information content (AvgIpc) is 3.48. The highest BCUT2D eigenvalue weighted by Gasteiger charge is 2.46. The molecule has 37 heavy (non-hydrogen) atoms. The van der Waals surface area contributed by atoms with Gasteiger partial charge in [-0.15, -0.1) is 0 Å². The third-order valence-corrected chi connectivity index (χ3v) is 6.48. The Morgan fingerprint density at radius 1 is 0.946 bits per heavy atom. The second-order valence-corrected chi connectivity index (χ2v) is 8.88. The molecule has 0 bridgehead atoms. The topological polar surface area (TPSA) is 152 Å². The van der Waals surface area contributed by atoms with Crippen molar-refractivity contribution in [3.05, 3.63) is 100 Å². The van der Waals surface area contributed by atoms with Crippen LogP contribution in [0, 0.1) is 16.0 Å². The van der Waals surface area contributed by atoms with Gasteiger partial charge in [-0.3, -0.25) is 34.6 Å². The van der Waals surface area contributed by atoms with Crippen molar-refractivity contribution in [3.63, 3.8) is 0 Å². The van der Waals surface area contributed by atoms with Crippen molar-refractivity contribution in [1.82, 2.24) is 9.99 Å². The number of nitro groups is 1. The van der Waals surface area contributed by atoms with Crippen LogP contribution in [-0.2, 0) is 14.4 Å². The molecule has 1 aliphatic rings. The zero-order valence-electron chi connectivity index (χ0n) is 18.7. The minimum Gasteiger partial charge on any atom is -0.295 e. The van der Waals surface area contributed by atoms with Crippen LogP contribution in [0.4, 0.5) is 10.8 Å². The largest absolute Gasteiger partial charge is 0.295 e. The van der Waals surface area contributed by atoms with Gasteiger partial charge in [0.25, 0.3) is 23.4 Å². The summed E-state index contributed by atoms with van der Waals surface area (Å²) in [6, 6.07) is 20.0. The number of amides is 3.